The predicted molar refractivity (Wildman–Crippen MR) is 74.0 cm³/mol. The molecule has 106 valence electrons. The van der Waals surface area contributed by atoms with E-state index in [4.69, 9.17) is 0 Å². The molecule has 6 heteroatoms. The van der Waals surface area contributed by atoms with Gasteiger partial charge in [0.1, 0.15) is 11.5 Å². The number of nitrogens with one attached hydrogen (secondary N) is 2. The number of hydrogen-bond acceptors (Lipinski definition) is 3. The summed E-state index contributed by atoms with van der Waals surface area (Å²) in [7, 11) is 0. The van der Waals surface area contributed by atoms with E-state index in [1.807, 2.05) is 0 Å². The van der Waals surface area contributed by atoms with E-state index in [9.17, 15) is 9.18 Å². The first-order chi connectivity index (χ1) is 8.75. The van der Waals surface area contributed by atoms with E-state index in [1.54, 1.807) is 0 Å². The van der Waals surface area contributed by atoms with E-state index in [1.165, 1.54) is 25.0 Å². The average Bonchev–Trinajstić information content (AvgIpc) is 2.40. The Labute approximate surface area is 118 Å². The Balaban J connectivity index is 0.00000180. The largest absolute Gasteiger partial charge is 0.351 e. The molecule has 0 aliphatic carbocycles. The molecule has 1 aliphatic rings. The second-order valence-corrected chi connectivity index (χ2v) is 4.62. The van der Waals surface area contributed by atoms with Crippen molar-refractivity contribution in [1.82, 2.24) is 15.6 Å². The third-order valence-electron chi connectivity index (χ3n) is 3.20. The lowest BCUT2D eigenvalue weighted by Gasteiger charge is -2.22. The van der Waals surface area contributed by atoms with Crippen LogP contribution in [0.1, 0.15) is 29.8 Å². The van der Waals surface area contributed by atoms with Gasteiger partial charge in [-0.15, -0.1) is 12.4 Å². The fourth-order valence-electron chi connectivity index (χ4n) is 2.16. The lowest BCUT2D eigenvalue weighted by Crippen LogP contribution is -2.33. The van der Waals surface area contributed by atoms with E-state index in [-0.39, 0.29) is 24.0 Å². The number of rotatable bonds is 4. The van der Waals surface area contributed by atoms with Gasteiger partial charge in [0.15, 0.2) is 0 Å². The third-order valence-corrected chi connectivity index (χ3v) is 3.20. The second-order valence-electron chi connectivity index (χ2n) is 4.62. The molecule has 2 rings (SSSR count). The lowest BCUT2D eigenvalue weighted by atomic mass is 9.96. The monoisotopic (exact) mass is 287 g/mol. The number of halogens is 2. The summed E-state index contributed by atoms with van der Waals surface area (Å²) in [5.41, 5.74) is 0.262. The molecule has 1 saturated heterocycles. The van der Waals surface area contributed by atoms with Crippen LogP contribution in [0.4, 0.5) is 4.39 Å². The van der Waals surface area contributed by atoms with E-state index >= 15 is 0 Å². The zero-order valence-corrected chi connectivity index (χ0v) is 11.5. The minimum Gasteiger partial charge on any atom is -0.351 e. The molecule has 19 heavy (non-hydrogen) atoms. The molecule has 1 unspecified atom stereocenters. The summed E-state index contributed by atoms with van der Waals surface area (Å²) in [5, 5.41) is 6.16. The van der Waals surface area contributed by atoms with Gasteiger partial charge in [-0.05, 0) is 50.4 Å². The van der Waals surface area contributed by atoms with Crippen LogP contribution in [0.5, 0.6) is 0 Å². The first-order valence-corrected chi connectivity index (χ1v) is 6.36. The highest BCUT2D eigenvalue weighted by Gasteiger charge is 2.13. The van der Waals surface area contributed by atoms with Gasteiger partial charge in [0, 0.05) is 6.54 Å². The number of pyridine rings is 1. The summed E-state index contributed by atoms with van der Waals surface area (Å²) in [4.78, 5) is 15.4. The van der Waals surface area contributed by atoms with Gasteiger partial charge in [0.05, 0.1) is 6.20 Å². The number of carbonyl (C=O) groups excluding carboxylic acids is 1. The van der Waals surface area contributed by atoms with Crippen LogP contribution in [0.3, 0.4) is 0 Å². The number of nitrogens with zero attached hydrogens (tertiary/aromatic N) is 1. The smallest absolute Gasteiger partial charge is 0.269 e. The van der Waals surface area contributed by atoms with Crippen molar-refractivity contribution in [2.24, 2.45) is 5.92 Å². The van der Waals surface area contributed by atoms with E-state index in [2.05, 4.69) is 15.6 Å². The zero-order chi connectivity index (χ0) is 12.8. The number of amides is 1. The predicted octanol–water partition coefficient (Wildman–Crippen LogP) is 1.76. The summed E-state index contributed by atoms with van der Waals surface area (Å²) < 4.78 is 12.6. The Kier molecular flexibility index (Phi) is 6.73. The molecular weight excluding hydrogens is 269 g/mol. The lowest BCUT2D eigenvalue weighted by molar-refractivity contribution is 0.0945. The molecule has 0 saturated carbocycles. The molecule has 0 aromatic carbocycles. The van der Waals surface area contributed by atoms with Gasteiger partial charge in [-0.25, -0.2) is 9.37 Å². The molecular formula is C13H19ClFN3O. The Bertz CT molecular complexity index is 393. The maximum absolute atomic E-state index is 12.6. The zero-order valence-electron chi connectivity index (χ0n) is 10.7. The van der Waals surface area contributed by atoms with Crippen LogP contribution in [0, 0.1) is 11.7 Å². The quantitative estimate of drug-likeness (QED) is 0.887. The number of carbonyl (C=O) groups is 1. The maximum atomic E-state index is 12.6. The van der Waals surface area contributed by atoms with Crippen LogP contribution in [-0.4, -0.2) is 30.5 Å². The normalized spacial score (nSPS) is 18.5. The standard InChI is InChI=1S/C13H18FN3O.ClH/c14-11-3-4-12(17-9-11)13(18)16-7-5-10-2-1-6-15-8-10;/h3-4,9-10,15H,1-2,5-8H2,(H,16,18);1H. The van der Waals surface area contributed by atoms with Crippen LogP contribution in [0.15, 0.2) is 18.3 Å². The van der Waals surface area contributed by atoms with Crippen molar-refractivity contribution in [2.75, 3.05) is 19.6 Å². The summed E-state index contributed by atoms with van der Waals surface area (Å²) in [5.74, 6) is -0.0289. The minimum absolute atomic E-state index is 0. The minimum atomic E-state index is -0.431. The first kappa shape index (κ1) is 15.9. The van der Waals surface area contributed by atoms with Gasteiger partial charge in [-0.2, -0.15) is 0 Å². The summed E-state index contributed by atoms with van der Waals surface area (Å²) in [6.45, 7) is 2.78. The van der Waals surface area contributed by atoms with Gasteiger partial charge < -0.3 is 10.6 Å². The van der Waals surface area contributed by atoms with E-state index in [0.29, 0.717) is 12.5 Å². The molecule has 1 amide bonds. The topological polar surface area (TPSA) is 54.0 Å². The SMILES string of the molecule is Cl.O=C(NCCC1CCCNC1)c1ccc(F)cn1. The summed E-state index contributed by atoms with van der Waals surface area (Å²) >= 11 is 0. The molecule has 1 aromatic rings. The second kappa shape index (κ2) is 8.07. The van der Waals surface area contributed by atoms with Crippen LogP contribution >= 0.6 is 12.4 Å². The van der Waals surface area contributed by atoms with Crippen molar-refractivity contribution in [3.63, 3.8) is 0 Å². The molecule has 1 aromatic heterocycles. The van der Waals surface area contributed by atoms with E-state index < -0.39 is 5.82 Å². The molecule has 0 spiro atoms. The van der Waals surface area contributed by atoms with Gasteiger partial charge >= 0.3 is 0 Å². The molecule has 1 fully saturated rings. The molecule has 1 aliphatic heterocycles. The van der Waals surface area contributed by atoms with Gasteiger partial charge in [0.2, 0.25) is 0 Å². The third kappa shape index (κ3) is 5.12. The van der Waals surface area contributed by atoms with Crippen LogP contribution in [-0.2, 0) is 0 Å². The van der Waals surface area contributed by atoms with Gasteiger partial charge in [0.25, 0.3) is 5.91 Å². The maximum Gasteiger partial charge on any atom is 0.269 e. The fraction of sp³-hybridized carbons (Fsp3) is 0.538. The Morgan fingerprint density at radius 1 is 1.53 bits per heavy atom. The molecule has 2 heterocycles. The highest BCUT2D eigenvalue weighted by atomic mass is 35.5. The van der Waals surface area contributed by atoms with Crippen molar-refractivity contribution in [3.8, 4) is 0 Å². The van der Waals surface area contributed by atoms with Gasteiger partial charge in [-0.3, -0.25) is 4.79 Å². The Morgan fingerprint density at radius 3 is 3.00 bits per heavy atom. The highest BCUT2D eigenvalue weighted by Crippen LogP contribution is 2.12. The van der Waals surface area contributed by atoms with Crippen molar-refractivity contribution in [2.45, 2.75) is 19.3 Å². The van der Waals surface area contributed by atoms with Crippen molar-refractivity contribution >= 4 is 18.3 Å². The highest BCUT2D eigenvalue weighted by molar-refractivity contribution is 5.92. The first-order valence-electron chi connectivity index (χ1n) is 6.36. The molecule has 0 radical (unpaired) electrons. The summed E-state index contributed by atoms with van der Waals surface area (Å²) in [6, 6.07) is 2.64. The van der Waals surface area contributed by atoms with Crippen LogP contribution < -0.4 is 10.6 Å². The van der Waals surface area contributed by atoms with Crippen LogP contribution in [0.25, 0.3) is 0 Å². The Hall–Kier alpha value is -1.20. The van der Waals surface area contributed by atoms with Crippen molar-refractivity contribution < 1.29 is 9.18 Å². The summed E-state index contributed by atoms with van der Waals surface area (Å²) in [6.07, 6.45) is 4.45. The van der Waals surface area contributed by atoms with Crippen LogP contribution in [0.2, 0.25) is 0 Å². The number of aromatic nitrogens is 1. The molecule has 4 nitrogen and oxygen atoms in total. The Morgan fingerprint density at radius 2 is 2.37 bits per heavy atom. The van der Waals surface area contributed by atoms with Crippen molar-refractivity contribution in [3.05, 3.63) is 29.8 Å². The molecule has 1 atom stereocenters. The molecule has 2 N–H and O–H groups in total. The number of piperidine rings is 1. The van der Waals surface area contributed by atoms with Gasteiger partial charge in [-0.1, -0.05) is 0 Å². The van der Waals surface area contributed by atoms with Crippen molar-refractivity contribution in [1.29, 1.82) is 0 Å². The molecule has 0 bridgehead atoms. The average molecular weight is 288 g/mol. The number of hydrogen-bond donors (Lipinski definition) is 2. The van der Waals surface area contributed by atoms with E-state index in [0.717, 1.165) is 25.7 Å². The fourth-order valence-corrected chi connectivity index (χ4v) is 2.16.